The Kier molecular flexibility index (Phi) is 5.54. The SMILES string of the molecule is C[C@@H](Sc1nnc(CN2CCCC2=O)o1)C(=O)Nc1ccc(Cl)cn1. The summed E-state index contributed by atoms with van der Waals surface area (Å²) in [5, 5.41) is 10.9. The molecule has 2 aromatic heterocycles. The first-order chi connectivity index (χ1) is 12.0. The number of thioether (sulfide) groups is 1. The van der Waals surface area contributed by atoms with E-state index in [2.05, 4.69) is 20.5 Å². The van der Waals surface area contributed by atoms with Crippen molar-refractivity contribution in [3.63, 3.8) is 0 Å². The van der Waals surface area contributed by atoms with E-state index in [4.69, 9.17) is 16.0 Å². The van der Waals surface area contributed by atoms with Crippen LogP contribution in [0.2, 0.25) is 5.02 Å². The maximum atomic E-state index is 12.2. The number of carbonyl (C=O) groups is 2. The average Bonchev–Trinajstić information content (AvgIpc) is 3.19. The highest BCUT2D eigenvalue weighted by atomic mass is 35.5. The van der Waals surface area contributed by atoms with Crippen molar-refractivity contribution in [2.45, 2.75) is 36.8 Å². The second-order valence-corrected chi connectivity index (χ2v) is 7.22. The van der Waals surface area contributed by atoms with Crippen LogP contribution in [0.1, 0.15) is 25.7 Å². The van der Waals surface area contributed by atoms with Crippen LogP contribution in [0, 0.1) is 0 Å². The third-order valence-corrected chi connectivity index (χ3v) is 4.73. The van der Waals surface area contributed by atoms with Crippen molar-refractivity contribution in [2.24, 2.45) is 0 Å². The Morgan fingerprint density at radius 3 is 3.00 bits per heavy atom. The molecule has 1 atom stereocenters. The summed E-state index contributed by atoms with van der Waals surface area (Å²) in [7, 11) is 0. The van der Waals surface area contributed by atoms with E-state index in [1.807, 2.05) is 0 Å². The quantitative estimate of drug-likeness (QED) is 0.766. The molecule has 10 heteroatoms. The molecule has 0 saturated carbocycles. The zero-order valence-electron chi connectivity index (χ0n) is 13.4. The molecule has 25 heavy (non-hydrogen) atoms. The van der Waals surface area contributed by atoms with Gasteiger partial charge in [0.25, 0.3) is 5.22 Å². The molecule has 0 spiro atoms. The van der Waals surface area contributed by atoms with Gasteiger partial charge in [0, 0.05) is 19.2 Å². The Hall–Kier alpha value is -2.13. The van der Waals surface area contributed by atoms with Gasteiger partial charge in [0.05, 0.1) is 16.8 Å². The number of pyridine rings is 1. The van der Waals surface area contributed by atoms with Crippen LogP contribution in [-0.2, 0) is 16.1 Å². The second kappa shape index (κ2) is 7.83. The van der Waals surface area contributed by atoms with Gasteiger partial charge in [-0.3, -0.25) is 9.59 Å². The summed E-state index contributed by atoms with van der Waals surface area (Å²) in [6, 6.07) is 3.27. The van der Waals surface area contributed by atoms with Gasteiger partial charge in [-0.1, -0.05) is 23.4 Å². The van der Waals surface area contributed by atoms with Crippen molar-refractivity contribution in [1.29, 1.82) is 0 Å². The largest absolute Gasteiger partial charge is 0.414 e. The number of rotatable bonds is 6. The first-order valence-corrected chi connectivity index (χ1v) is 8.96. The van der Waals surface area contributed by atoms with E-state index in [1.54, 1.807) is 24.0 Å². The van der Waals surface area contributed by atoms with Crippen molar-refractivity contribution in [2.75, 3.05) is 11.9 Å². The van der Waals surface area contributed by atoms with Crippen molar-refractivity contribution in [3.05, 3.63) is 29.2 Å². The van der Waals surface area contributed by atoms with E-state index in [1.165, 1.54) is 6.20 Å². The molecular weight excluding hydrogens is 366 g/mol. The maximum absolute atomic E-state index is 12.2. The minimum absolute atomic E-state index is 0.0932. The standard InChI is InChI=1S/C15H16ClN5O3S/c1-9(14(23)18-11-5-4-10(16)7-17-11)25-15-20-19-12(24-15)8-21-6-2-3-13(21)22/h4-5,7,9H,2-3,6,8H2,1H3,(H,17,18,23)/t9-/m1/s1. The van der Waals surface area contributed by atoms with Gasteiger partial charge in [0.15, 0.2) is 0 Å². The van der Waals surface area contributed by atoms with E-state index >= 15 is 0 Å². The van der Waals surface area contributed by atoms with E-state index in [0.29, 0.717) is 36.2 Å². The smallest absolute Gasteiger partial charge is 0.277 e. The number of halogens is 1. The van der Waals surface area contributed by atoms with Crippen LogP contribution in [0.3, 0.4) is 0 Å². The lowest BCUT2D eigenvalue weighted by molar-refractivity contribution is -0.128. The lowest BCUT2D eigenvalue weighted by atomic mass is 10.4. The van der Waals surface area contributed by atoms with Gasteiger partial charge in [0.1, 0.15) is 5.82 Å². The molecule has 0 bridgehead atoms. The van der Waals surface area contributed by atoms with E-state index < -0.39 is 5.25 Å². The molecule has 132 valence electrons. The van der Waals surface area contributed by atoms with Crippen LogP contribution in [0.15, 0.2) is 28.0 Å². The highest BCUT2D eigenvalue weighted by molar-refractivity contribution is 8.00. The van der Waals surface area contributed by atoms with E-state index in [9.17, 15) is 9.59 Å². The molecule has 0 radical (unpaired) electrons. The average molecular weight is 382 g/mol. The fraction of sp³-hybridized carbons (Fsp3) is 0.400. The molecule has 1 aliphatic heterocycles. The van der Waals surface area contributed by atoms with Crippen LogP contribution >= 0.6 is 23.4 Å². The predicted molar refractivity (Wildman–Crippen MR) is 92.1 cm³/mol. The van der Waals surface area contributed by atoms with Crippen molar-refractivity contribution in [3.8, 4) is 0 Å². The van der Waals surface area contributed by atoms with Crippen molar-refractivity contribution in [1.82, 2.24) is 20.1 Å². The lowest BCUT2D eigenvalue weighted by Crippen LogP contribution is -2.24. The number of aromatic nitrogens is 3. The van der Waals surface area contributed by atoms with Crippen molar-refractivity contribution < 1.29 is 14.0 Å². The Balaban J connectivity index is 1.53. The van der Waals surface area contributed by atoms with Crippen LogP contribution in [-0.4, -0.2) is 43.7 Å². The lowest BCUT2D eigenvalue weighted by Gasteiger charge is -2.11. The number of nitrogens with zero attached hydrogens (tertiary/aromatic N) is 4. The first kappa shape index (κ1) is 17.7. The van der Waals surface area contributed by atoms with Crippen LogP contribution in [0.25, 0.3) is 0 Å². The fourth-order valence-corrected chi connectivity index (χ4v) is 3.08. The molecular formula is C15H16ClN5O3S. The number of nitrogens with one attached hydrogen (secondary N) is 1. The topological polar surface area (TPSA) is 101 Å². The van der Waals surface area contributed by atoms with Crippen LogP contribution < -0.4 is 5.32 Å². The molecule has 0 unspecified atom stereocenters. The van der Waals surface area contributed by atoms with E-state index in [-0.39, 0.29) is 17.0 Å². The molecule has 1 N–H and O–H groups in total. The second-order valence-electron chi connectivity index (χ2n) is 5.49. The molecule has 1 saturated heterocycles. The fourth-order valence-electron chi connectivity index (χ4n) is 2.27. The molecule has 3 heterocycles. The number of hydrogen-bond donors (Lipinski definition) is 1. The molecule has 0 aromatic carbocycles. The molecule has 8 nitrogen and oxygen atoms in total. The van der Waals surface area contributed by atoms with Gasteiger partial charge in [0.2, 0.25) is 17.7 Å². The van der Waals surface area contributed by atoms with Crippen LogP contribution in [0.5, 0.6) is 0 Å². The molecule has 1 aliphatic rings. The molecule has 0 aliphatic carbocycles. The zero-order chi connectivity index (χ0) is 17.8. The summed E-state index contributed by atoms with van der Waals surface area (Å²) in [4.78, 5) is 29.5. The zero-order valence-corrected chi connectivity index (χ0v) is 15.0. The Morgan fingerprint density at radius 1 is 1.48 bits per heavy atom. The Bertz CT molecular complexity index is 767. The molecule has 1 fully saturated rings. The summed E-state index contributed by atoms with van der Waals surface area (Å²) < 4.78 is 5.51. The Labute approximate surface area is 153 Å². The number of carbonyl (C=O) groups excluding carboxylic acids is 2. The summed E-state index contributed by atoms with van der Waals surface area (Å²) in [5.41, 5.74) is 0. The third-order valence-electron chi connectivity index (χ3n) is 3.57. The maximum Gasteiger partial charge on any atom is 0.277 e. The normalized spacial score (nSPS) is 15.4. The van der Waals surface area contributed by atoms with Gasteiger partial charge in [-0.2, -0.15) is 0 Å². The minimum Gasteiger partial charge on any atom is -0.414 e. The third kappa shape index (κ3) is 4.70. The van der Waals surface area contributed by atoms with Crippen LogP contribution in [0.4, 0.5) is 5.82 Å². The van der Waals surface area contributed by atoms with Crippen molar-refractivity contribution >= 4 is 41.0 Å². The van der Waals surface area contributed by atoms with Gasteiger partial charge in [-0.15, -0.1) is 10.2 Å². The number of likely N-dealkylation sites (tertiary alicyclic amines) is 1. The monoisotopic (exact) mass is 381 g/mol. The van der Waals surface area contributed by atoms with Gasteiger partial charge in [-0.05, 0) is 25.5 Å². The summed E-state index contributed by atoms with van der Waals surface area (Å²) in [6.45, 7) is 2.74. The highest BCUT2D eigenvalue weighted by Crippen LogP contribution is 2.24. The summed E-state index contributed by atoms with van der Waals surface area (Å²) in [6.07, 6.45) is 2.87. The number of hydrogen-bond acceptors (Lipinski definition) is 7. The summed E-state index contributed by atoms with van der Waals surface area (Å²) in [5.74, 6) is 0.634. The van der Waals surface area contributed by atoms with Gasteiger partial charge < -0.3 is 14.6 Å². The minimum atomic E-state index is -0.459. The van der Waals surface area contributed by atoms with Gasteiger partial charge >= 0.3 is 0 Å². The molecule has 2 amide bonds. The number of anilines is 1. The molecule has 3 rings (SSSR count). The predicted octanol–water partition coefficient (Wildman–Crippen LogP) is 2.36. The van der Waals surface area contributed by atoms with Gasteiger partial charge in [-0.25, -0.2) is 4.98 Å². The molecule has 2 aromatic rings. The summed E-state index contributed by atoms with van der Waals surface area (Å²) >= 11 is 6.90. The highest BCUT2D eigenvalue weighted by Gasteiger charge is 2.23. The Morgan fingerprint density at radius 2 is 2.32 bits per heavy atom. The first-order valence-electron chi connectivity index (χ1n) is 7.70. The number of amides is 2. The van der Waals surface area contributed by atoms with E-state index in [0.717, 1.165) is 18.2 Å².